The number of carbonyl (C=O) groups is 1. The number of rotatable bonds is 11. The summed E-state index contributed by atoms with van der Waals surface area (Å²) in [4.78, 5) is 20.3. The minimum absolute atomic E-state index is 0.181. The second-order valence-electron chi connectivity index (χ2n) is 11.8. The SMILES string of the molecule is CCOC(=O)C1(OCC(C)NC2CCCCC2)CC1.N#CC1(CNc2cccc(-c3cc(N)ncc3Cl)n2)CCOCC1. The van der Waals surface area contributed by atoms with Gasteiger partial charge in [0, 0.05) is 43.6 Å². The number of esters is 1. The standard InChI is InChI=1S/C17H18ClN5O.C15H27NO3/c18-13-9-21-15(20)8-12(13)14-2-1-3-16(23-14)22-11-17(10-19)4-6-24-7-5-17;1-3-18-14(17)15(9-10-15)19-11-12(2)16-13-7-5-4-6-8-13/h1-3,8-9H,4-7,11H2,(H2,20,21)(H,22,23);12-13,16H,3-11H2,1-2H3. The quantitative estimate of drug-likeness (QED) is 0.277. The zero-order chi connectivity index (χ0) is 30.7. The van der Waals surface area contributed by atoms with Gasteiger partial charge in [0.2, 0.25) is 0 Å². The Labute approximate surface area is 260 Å². The normalized spacial score (nSPS) is 19.7. The zero-order valence-corrected chi connectivity index (χ0v) is 26.1. The fourth-order valence-electron chi connectivity index (χ4n) is 5.47. The molecule has 0 spiro atoms. The van der Waals surface area contributed by atoms with Crippen LogP contribution in [0.2, 0.25) is 5.02 Å². The molecular weight excluding hydrogens is 568 g/mol. The first-order valence-corrected chi connectivity index (χ1v) is 15.8. The van der Waals surface area contributed by atoms with Gasteiger partial charge >= 0.3 is 5.97 Å². The number of hydrogen-bond donors (Lipinski definition) is 3. The van der Waals surface area contributed by atoms with Gasteiger partial charge in [-0.05, 0) is 70.6 Å². The van der Waals surface area contributed by atoms with E-state index in [1.807, 2.05) is 25.1 Å². The predicted molar refractivity (Wildman–Crippen MR) is 167 cm³/mol. The van der Waals surface area contributed by atoms with E-state index < -0.39 is 11.0 Å². The first kappa shape index (κ1) is 32.9. The van der Waals surface area contributed by atoms with E-state index >= 15 is 0 Å². The number of anilines is 2. The molecule has 0 radical (unpaired) electrons. The molecule has 3 heterocycles. The van der Waals surface area contributed by atoms with Crippen molar-refractivity contribution in [3.8, 4) is 17.3 Å². The maximum atomic E-state index is 11.8. The van der Waals surface area contributed by atoms with Crippen molar-refractivity contribution in [3.05, 3.63) is 35.5 Å². The van der Waals surface area contributed by atoms with Gasteiger partial charge in [-0.2, -0.15) is 5.26 Å². The lowest BCUT2D eigenvalue weighted by molar-refractivity contribution is -0.160. The molecule has 3 fully saturated rings. The lowest BCUT2D eigenvalue weighted by Crippen LogP contribution is -2.42. The number of halogens is 1. The number of carbonyl (C=O) groups excluding carboxylic acids is 1. The monoisotopic (exact) mass is 612 g/mol. The fourth-order valence-corrected chi connectivity index (χ4v) is 5.67. The first-order valence-electron chi connectivity index (χ1n) is 15.5. The predicted octanol–water partition coefficient (Wildman–Crippen LogP) is 5.52. The van der Waals surface area contributed by atoms with Gasteiger partial charge in [-0.15, -0.1) is 0 Å². The van der Waals surface area contributed by atoms with Crippen LogP contribution in [-0.2, 0) is 19.0 Å². The third-order valence-corrected chi connectivity index (χ3v) is 8.58. The van der Waals surface area contributed by atoms with E-state index in [1.54, 1.807) is 6.07 Å². The molecule has 43 heavy (non-hydrogen) atoms. The molecule has 1 atom stereocenters. The number of nitrogen functional groups attached to an aromatic ring is 1. The van der Waals surface area contributed by atoms with Crippen LogP contribution in [-0.4, -0.2) is 66.6 Å². The molecule has 4 N–H and O–H groups in total. The Bertz CT molecular complexity index is 1240. The van der Waals surface area contributed by atoms with Crippen LogP contribution in [0, 0.1) is 16.7 Å². The summed E-state index contributed by atoms with van der Waals surface area (Å²) in [6, 6.07) is 10.7. The largest absolute Gasteiger partial charge is 0.464 e. The molecule has 2 aromatic rings. The number of ether oxygens (including phenoxy) is 3. The molecule has 5 rings (SSSR count). The molecule has 2 aromatic heterocycles. The molecule has 234 valence electrons. The zero-order valence-electron chi connectivity index (χ0n) is 25.4. The molecule has 1 unspecified atom stereocenters. The molecular formula is C32H45ClN6O4. The average molecular weight is 613 g/mol. The van der Waals surface area contributed by atoms with Crippen molar-refractivity contribution in [1.29, 1.82) is 5.26 Å². The highest BCUT2D eigenvalue weighted by Gasteiger charge is 2.53. The van der Waals surface area contributed by atoms with Crippen LogP contribution in [0.1, 0.15) is 71.6 Å². The van der Waals surface area contributed by atoms with Crippen molar-refractivity contribution < 1.29 is 19.0 Å². The van der Waals surface area contributed by atoms with Crippen molar-refractivity contribution in [1.82, 2.24) is 15.3 Å². The number of nitrogens with zero attached hydrogens (tertiary/aromatic N) is 3. The Balaban J connectivity index is 0.000000203. The van der Waals surface area contributed by atoms with Gasteiger partial charge in [-0.1, -0.05) is 36.9 Å². The van der Waals surface area contributed by atoms with Crippen molar-refractivity contribution in [2.45, 2.75) is 89.3 Å². The molecule has 2 aliphatic carbocycles. The van der Waals surface area contributed by atoms with Crippen molar-refractivity contribution in [2.75, 3.05) is 44.0 Å². The lowest BCUT2D eigenvalue weighted by atomic mass is 9.82. The van der Waals surface area contributed by atoms with E-state index in [2.05, 4.69) is 33.6 Å². The van der Waals surface area contributed by atoms with E-state index in [0.29, 0.717) is 67.4 Å². The Kier molecular flexibility index (Phi) is 12.0. The summed E-state index contributed by atoms with van der Waals surface area (Å²) in [6.45, 7) is 6.77. The van der Waals surface area contributed by atoms with Crippen molar-refractivity contribution in [3.63, 3.8) is 0 Å². The molecule has 2 saturated carbocycles. The summed E-state index contributed by atoms with van der Waals surface area (Å²) in [5, 5.41) is 16.9. The third kappa shape index (κ3) is 9.51. The molecule has 0 amide bonds. The summed E-state index contributed by atoms with van der Waals surface area (Å²) in [5.41, 5.74) is 6.15. The molecule has 1 aliphatic heterocycles. The number of nitrogens with one attached hydrogen (secondary N) is 2. The van der Waals surface area contributed by atoms with Crippen molar-refractivity contribution >= 4 is 29.2 Å². The lowest BCUT2D eigenvalue weighted by Gasteiger charge is -2.30. The Hall–Kier alpha value is -2.97. The number of pyridine rings is 2. The highest BCUT2D eigenvalue weighted by molar-refractivity contribution is 6.33. The number of nitrogens with two attached hydrogens (primary N) is 1. The minimum atomic E-state index is -0.613. The van der Waals surface area contributed by atoms with Crippen molar-refractivity contribution in [2.24, 2.45) is 5.41 Å². The number of aromatic nitrogens is 2. The van der Waals surface area contributed by atoms with Gasteiger partial charge in [0.15, 0.2) is 5.60 Å². The van der Waals surface area contributed by atoms with Gasteiger partial charge in [-0.3, -0.25) is 0 Å². The van der Waals surface area contributed by atoms with Gasteiger partial charge in [-0.25, -0.2) is 14.8 Å². The van der Waals surface area contributed by atoms with Gasteiger partial charge in [0.1, 0.15) is 11.6 Å². The van der Waals surface area contributed by atoms with Crippen LogP contribution in [0.5, 0.6) is 0 Å². The molecule has 3 aliphatic rings. The highest BCUT2D eigenvalue weighted by Crippen LogP contribution is 2.41. The highest BCUT2D eigenvalue weighted by atomic mass is 35.5. The summed E-state index contributed by atoms with van der Waals surface area (Å²) < 4.78 is 16.2. The molecule has 0 aromatic carbocycles. The van der Waals surface area contributed by atoms with Gasteiger partial charge in [0.25, 0.3) is 0 Å². The van der Waals surface area contributed by atoms with Crippen LogP contribution in [0.3, 0.4) is 0 Å². The molecule has 1 saturated heterocycles. The second-order valence-corrected chi connectivity index (χ2v) is 12.2. The Morgan fingerprint density at radius 1 is 1.23 bits per heavy atom. The van der Waals surface area contributed by atoms with E-state index in [9.17, 15) is 10.1 Å². The van der Waals surface area contributed by atoms with Crippen LogP contribution < -0.4 is 16.4 Å². The van der Waals surface area contributed by atoms with E-state index in [-0.39, 0.29) is 5.97 Å². The third-order valence-electron chi connectivity index (χ3n) is 8.28. The maximum Gasteiger partial charge on any atom is 0.338 e. The fraction of sp³-hybridized carbons (Fsp3) is 0.625. The van der Waals surface area contributed by atoms with Crippen LogP contribution in [0.25, 0.3) is 11.3 Å². The topological polar surface area (TPSA) is 144 Å². The summed E-state index contributed by atoms with van der Waals surface area (Å²) in [6.07, 6.45) is 11.2. The minimum Gasteiger partial charge on any atom is -0.464 e. The van der Waals surface area contributed by atoms with Crippen LogP contribution >= 0.6 is 11.6 Å². The Morgan fingerprint density at radius 2 is 1.98 bits per heavy atom. The van der Waals surface area contributed by atoms with Gasteiger partial charge < -0.3 is 30.6 Å². The smallest absolute Gasteiger partial charge is 0.338 e. The van der Waals surface area contributed by atoms with Crippen LogP contribution in [0.15, 0.2) is 30.5 Å². The van der Waals surface area contributed by atoms with E-state index in [0.717, 1.165) is 31.2 Å². The Morgan fingerprint density at radius 3 is 2.65 bits per heavy atom. The number of hydrogen-bond acceptors (Lipinski definition) is 10. The molecule has 0 bridgehead atoms. The van der Waals surface area contributed by atoms with E-state index in [1.165, 1.54) is 38.3 Å². The second kappa shape index (κ2) is 15.7. The molecule has 10 nitrogen and oxygen atoms in total. The van der Waals surface area contributed by atoms with Gasteiger partial charge in [0.05, 0.1) is 35.4 Å². The average Bonchev–Trinajstić information content (AvgIpc) is 3.83. The van der Waals surface area contributed by atoms with Crippen LogP contribution in [0.4, 0.5) is 11.6 Å². The summed E-state index contributed by atoms with van der Waals surface area (Å²) in [7, 11) is 0. The summed E-state index contributed by atoms with van der Waals surface area (Å²) in [5.74, 6) is 0.903. The number of nitriles is 1. The first-order chi connectivity index (χ1) is 20.8. The maximum absolute atomic E-state index is 11.8. The summed E-state index contributed by atoms with van der Waals surface area (Å²) >= 11 is 6.19. The molecule has 11 heteroatoms. The van der Waals surface area contributed by atoms with E-state index in [4.69, 9.17) is 31.5 Å².